The first-order valence-corrected chi connectivity index (χ1v) is 13.5. The standard InChI is InChI=1S/C21H22N2O4S3/c1-28-17-6-3-7-18-19(17)22-21(29-18)23(13-15-5-4-12-27-15)20(24)14-8-10-16(11-9-14)30(2,25)26/h3,6-11,15H,4-5,12-13H2,1-2H3. The minimum atomic E-state index is -3.32. The van der Waals surface area contributed by atoms with Crippen molar-refractivity contribution in [2.45, 2.75) is 28.7 Å². The van der Waals surface area contributed by atoms with Gasteiger partial charge in [-0.3, -0.25) is 9.69 Å². The zero-order valence-corrected chi connectivity index (χ0v) is 19.1. The van der Waals surface area contributed by atoms with Crippen molar-refractivity contribution in [2.24, 2.45) is 0 Å². The Hall–Kier alpha value is -1.94. The number of carbonyl (C=O) groups excluding carboxylic acids is 1. The molecule has 2 aromatic carbocycles. The molecule has 1 saturated heterocycles. The highest BCUT2D eigenvalue weighted by Gasteiger charge is 2.27. The monoisotopic (exact) mass is 462 g/mol. The highest BCUT2D eigenvalue weighted by molar-refractivity contribution is 7.98. The van der Waals surface area contributed by atoms with Gasteiger partial charge >= 0.3 is 0 Å². The van der Waals surface area contributed by atoms with Crippen LogP contribution < -0.4 is 4.90 Å². The summed E-state index contributed by atoms with van der Waals surface area (Å²) in [5.41, 5.74) is 1.31. The molecule has 1 amide bonds. The van der Waals surface area contributed by atoms with Crippen LogP contribution in [0.15, 0.2) is 52.3 Å². The topological polar surface area (TPSA) is 76.6 Å². The van der Waals surface area contributed by atoms with Crippen LogP contribution in [0.2, 0.25) is 0 Å². The summed E-state index contributed by atoms with van der Waals surface area (Å²) in [6.07, 6.45) is 5.00. The first-order valence-electron chi connectivity index (χ1n) is 9.54. The van der Waals surface area contributed by atoms with E-state index in [0.717, 1.165) is 34.2 Å². The molecule has 1 aliphatic rings. The third kappa shape index (κ3) is 4.39. The maximum Gasteiger partial charge on any atom is 0.260 e. The molecule has 4 rings (SSSR count). The number of anilines is 1. The van der Waals surface area contributed by atoms with Gasteiger partial charge in [0.25, 0.3) is 5.91 Å². The molecule has 1 aliphatic heterocycles. The summed E-state index contributed by atoms with van der Waals surface area (Å²) in [6, 6.07) is 12.1. The number of thioether (sulfide) groups is 1. The summed E-state index contributed by atoms with van der Waals surface area (Å²) in [7, 11) is -3.32. The minimum Gasteiger partial charge on any atom is -0.376 e. The smallest absolute Gasteiger partial charge is 0.260 e. The van der Waals surface area contributed by atoms with Crippen molar-refractivity contribution < 1.29 is 17.9 Å². The molecule has 0 radical (unpaired) electrons. The van der Waals surface area contributed by atoms with E-state index >= 15 is 0 Å². The number of para-hydroxylation sites is 1. The molecular formula is C21H22N2O4S3. The Morgan fingerprint density at radius 3 is 2.67 bits per heavy atom. The van der Waals surface area contributed by atoms with E-state index in [1.807, 2.05) is 24.5 Å². The van der Waals surface area contributed by atoms with Crippen molar-refractivity contribution in [3.05, 3.63) is 48.0 Å². The third-order valence-corrected chi connectivity index (χ3v) is 7.95. The van der Waals surface area contributed by atoms with E-state index in [1.165, 1.54) is 23.5 Å². The normalized spacial score (nSPS) is 16.8. The molecule has 158 valence electrons. The Morgan fingerprint density at radius 1 is 1.27 bits per heavy atom. The largest absolute Gasteiger partial charge is 0.376 e. The predicted molar refractivity (Wildman–Crippen MR) is 122 cm³/mol. The molecule has 6 nitrogen and oxygen atoms in total. The second-order valence-electron chi connectivity index (χ2n) is 7.15. The highest BCUT2D eigenvalue weighted by Crippen LogP contribution is 2.35. The average Bonchev–Trinajstić information content (AvgIpc) is 3.40. The number of rotatable bonds is 6. The van der Waals surface area contributed by atoms with Crippen LogP contribution in [0.1, 0.15) is 23.2 Å². The molecule has 1 aromatic heterocycles. The molecule has 2 heterocycles. The van der Waals surface area contributed by atoms with Crippen molar-refractivity contribution in [3.8, 4) is 0 Å². The number of ether oxygens (including phenoxy) is 1. The Balaban J connectivity index is 1.71. The molecule has 0 spiro atoms. The Kier molecular flexibility index (Phi) is 6.15. The fourth-order valence-electron chi connectivity index (χ4n) is 3.43. The third-order valence-electron chi connectivity index (χ3n) is 5.01. The van der Waals surface area contributed by atoms with Gasteiger partial charge in [-0.1, -0.05) is 17.4 Å². The van der Waals surface area contributed by atoms with E-state index < -0.39 is 9.84 Å². The van der Waals surface area contributed by atoms with E-state index in [1.54, 1.807) is 28.8 Å². The maximum atomic E-state index is 13.4. The number of aromatic nitrogens is 1. The average molecular weight is 463 g/mol. The molecule has 0 bridgehead atoms. The first kappa shape index (κ1) is 21.3. The summed E-state index contributed by atoms with van der Waals surface area (Å²) in [4.78, 5) is 21.1. The molecular weight excluding hydrogens is 440 g/mol. The number of benzene rings is 2. The Bertz CT molecular complexity index is 1170. The number of nitrogens with zero attached hydrogens (tertiary/aromatic N) is 2. The molecule has 0 aliphatic carbocycles. The predicted octanol–water partition coefficient (Wildman–Crippen LogP) is 4.25. The molecule has 1 atom stereocenters. The highest BCUT2D eigenvalue weighted by atomic mass is 32.2. The molecule has 30 heavy (non-hydrogen) atoms. The van der Waals surface area contributed by atoms with Gasteiger partial charge < -0.3 is 4.74 Å². The lowest BCUT2D eigenvalue weighted by Crippen LogP contribution is -2.37. The van der Waals surface area contributed by atoms with Crippen LogP contribution in [-0.4, -0.2) is 51.1 Å². The van der Waals surface area contributed by atoms with Gasteiger partial charge in [-0.15, -0.1) is 11.8 Å². The number of carbonyl (C=O) groups is 1. The van der Waals surface area contributed by atoms with Crippen molar-refractivity contribution in [2.75, 3.05) is 30.6 Å². The lowest BCUT2D eigenvalue weighted by Gasteiger charge is -2.23. The van der Waals surface area contributed by atoms with E-state index in [-0.39, 0.29) is 16.9 Å². The van der Waals surface area contributed by atoms with Gasteiger partial charge in [0.05, 0.1) is 27.8 Å². The number of amides is 1. The summed E-state index contributed by atoms with van der Waals surface area (Å²) in [6.45, 7) is 1.12. The molecule has 1 fully saturated rings. The quantitative estimate of drug-likeness (QED) is 0.510. The van der Waals surface area contributed by atoms with E-state index in [4.69, 9.17) is 9.72 Å². The van der Waals surface area contributed by atoms with Gasteiger partial charge in [0.1, 0.15) is 0 Å². The maximum absolute atomic E-state index is 13.4. The lowest BCUT2D eigenvalue weighted by atomic mass is 10.2. The van der Waals surface area contributed by atoms with Crippen molar-refractivity contribution in [3.63, 3.8) is 0 Å². The minimum absolute atomic E-state index is 0.0312. The number of thiazole rings is 1. The zero-order chi connectivity index (χ0) is 21.3. The van der Waals surface area contributed by atoms with Gasteiger partial charge in [-0.25, -0.2) is 13.4 Å². The summed E-state index contributed by atoms with van der Waals surface area (Å²) in [5, 5.41) is 0.624. The van der Waals surface area contributed by atoms with Gasteiger partial charge in [0, 0.05) is 23.3 Å². The lowest BCUT2D eigenvalue weighted by molar-refractivity contribution is 0.0917. The van der Waals surface area contributed by atoms with Crippen molar-refractivity contribution in [1.29, 1.82) is 0 Å². The fraction of sp³-hybridized carbons (Fsp3) is 0.333. The number of hydrogen-bond acceptors (Lipinski definition) is 7. The molecule has 0 N–H and O–H groups in total. The summed E-state index contributed by atoms with van der Waals surface area (Å²) in [5.74, 6) is -0.213. The van der Waals surface area contributed by atoms with Crippen LogP contribution in [0, 0.1) is 0 Å². The van der Waals surface area contributed by atoms with Crippen molar-refractivity contribution in [1.82, 2.24) is 4.98 Å². The van der Waals surface area contributed by atoms with E-state index in [2.05, 4.69) is 0 Å². The Labute approximate surface area is 184 Å². The Morgan fingerprint density at radius 2 is 2.03 bits per heavy atom. The number of hydrogen-bond donors (Lipinski definition) is 0. The second-order valence-corrected chi connectivity index (χ2v) is 11.0. The van der Waals surface area contributed by atoms with Crippen LogP contribution in [0.25, 0.3) is 10.2 Å². The summed E-state index contributed by atoms with van der Waals surface area (Å²) >= 11 is 3.10. The van der Waals surface area contributed by atoms with Crippen LogP contribution in [0.5, 0.6) is 0 Å². The number of fused-ring (bicyclic) bond motifs is 1. The fourth-order valence-corrected chi connectivity index (χ4v) is 5.69. The second kappa shape index (κ2) is 8.66. The SMILES string of the molecule is CSc1cccc2sc(N(CC3CCCO3)C(=O)c3ccc(S(C)(=O)=O)cc3)nc12. The van der Waals surface area contributed by atoms with Gasteiger partial charge in [-0.05, 0) is 55.5 Å². The molecule has 0 saturated carbocycles. The zero-order valence-electron chi connectivity index (χ0n) is 16.7. The summed E-state index contributed by atoms with van der Waals surface area (Å²) < 4.78 is 30.3. The molecule has 3 aromatic rings. The van der Waals surface area contributed by atoms with Gasteiger partial charge in [-0.2, -0.15) is 0 Å². The van der Waals surface area contributed by atoms with Gasteiger partial charge in [0.2, 0.25) is 0 Å². The van der Waals surface area contributed by atoms with Crippen molar-refractivity contribution >= 4 is 54.2 Å². The van der Waals surface area contributed by atoms with Gasteiger partial charge in [0.15, 0.2) is 15.0 Å². The first-order chi connectivity index (χ1) is 14.4. The molecule has 1 unspecified atom stereocenters. The van der Waals surface area contributed by atoms with Crippen LogP contribution in [0.3, 0.4) is 0 Å². The van der Waals surface area contributed by atoms with E-state index in [9.17, 15) is 13.2 Å². The van der Waals surface area contributed by atoms with E-state index in [0.29, 0.717) is 23.8 Å². The number of sulfone groups is 1. The van der Waals surface area contributed by atoms with Crippen LogP contribution in [0.4, 0.5) is 5.13 Å². The van der Waals surface area contributed by atoms with Crippen LogP contribution in [-0.2, 0) is 14.6 Å². The van der Waals surface area contributed by atoms with Crippen LogP contribution >= 0.6 is 23.1 Å². The molecule has 9 heteroatoms.